The first-order chi connectivity index (χ1) is 5.06. The van der Waals surface area contributed by atoms with E-state index in [1.165, 1.54) is 0 Å². The number of aliphatic hydroxyl groups is 2. The minimum atomic E-state index is -4.88. The number of rotatable bonds is 3. The molecular weight excluding hydrogens is 212 g/mol. The van der Waals surface area contributed by atoms with Crippen molar-refractivity contribution in [2.45, 2.75) is 4.27 Å². The first-order valence-corrected chi connectivity index (χ1v) is 5.53. The van der Waals surface area contributed by atoms with Crippen LogP contribution in [0.3, 0.4) is 0 Å². The lowest BCUT2D eigenvalue weighted by atomic mass is 10.8. The zero-order valence-corrected chi connectivity index (χ0v) is 7.34. The highest BCUT2D eigenvalue weighted by molar-refractivity contribution is 8.08. The minimum Gasteiger partial charge on any atom is -0.391 e. The molecule has 0 fully saturated rings. The molecule has 12 heavy (non-hydrogen) atoms. The van der Waals surface area contributed by atoms with Crippen molar-refractivity contribution >= 4 is 20.0 Å². The summed E-state index contributed by atoms with van der Waals surface area (Å²) in [5.41, 5.74) is 0. The van der Waals surface area contributed by atoms with E-state index in [-0.39, 0.29) is 0 Å². The summed E-state index contributed by atoms with van der Waals surface area (Å²) in [6.45, 7) is -1.62. The monoisotopic (exact) mass is 220 g/mol. The number of primary sulfonamides is 2. The van der Waals surface area contributed by atoms with Gasteiger partial charge >= 0.3 is 4.27 Å². The third-order valence-corrected chi connectivity index (χ3v) is 4.52. The van der Waals surface area contributed by atoms with Gasteiger partial charge in [-0.25, -0.2) is 27.1 Å². The number of hydrogen-bond acceptors (Lipinski definition) is 6. The Kier molecular flexibility index (Phi) is 2.84. The molecule has 0 heterocycles. The summed E-state index contributed by atoms with van der Waals surface area (Å²) in [6, 6.07) is 0. The van der Waals surface area contributed by atoms with Crippen LogP contribution >= 0.6 is 0 Å². The fraction of sp³-hybridized carbons (Fsp3) is 1.00. The van der Waals surface area contributed by atoms with Crippen molar-refractivity contribution in [2.24, 2.45) is 10.3 Å². The predicted octanol–water partition coefficient (Wildman–Crippen LogP) is -3.80. The lowest BCUT2D eigenvalue weighted by Crippen LogP contribution is -2.55. The molecule has 0 saturated heterocycles. The van der Waals surface area contributed by atoms with Crippen molar-refractivity contribution in [1.29, 1.82) is 0 Å². The maximum absolute atomic E-state index is 10.4. The van der Waals surface area contributed by atoms with E-state index in [1.54, 1.807) is 0 Å². The summed E-state index contributed by atoms with van der Waals surface area (Å²) < 4.78 is 38.2. The van der Waals surface area contributed by atoms with Crippen LogP contribution in [-0.2, 0) is 20.0 Å². The van der Waals surface area contributed by atoms with Crippen molar-refractivity contribution in [3.8, 4) is 0 Å². The van der Waals surface area contributed by atoms with Crippen LogP contribution in [0, 0.1) is 0 Å². The molecule has 8 nitrogen and oxygen atoms in total. The first-order valence-electron chi connectivity index (χ1n) is 2.44. The average molecular weight is 220 g/mol. The Morgan fingerprint density at radius 2 is 1.33 bits per heavy atom. The van der Waals surface area contributed by atoms with Crippen molar-refractivity contribution in [3.63, 3.8) is 0 Å². The number of sulfonamides is 2. The summed E-state index contributed by atoms with van der Waals surface area (Å²) >= 11 is 0. The lowest BCUT2D eigenvalue weighted by Gasteiger charge is -2.19. The van der Waals surface area contributed by atoms with E-state index in [4.69, 9.17) is 10.2 Å². The van der Waals surface area contributed by atoms with Gasteiger partial charge in [0.2, 0.25) is 0 Å². The Balaban J connectivity index is 5.58. The van der Waals surface area contributed by atoms with Gasteiger partial charge < -0.3 is 10.2 Å². The largest absolute Gasteiger partial charge is 0.391 e. The molecule has 0 unspecified atom stereocenters. The molecule has 0 aromatic heterocycles. The van der Waals surface area contributed by atoms with Gasteiger partial charge in [-0.1, -0.05) is 0 Å². The van der Waals surface area contributed by atoms with Crippen LogP contribution in [0.4, 0.5) is 0 Å². The summed E-state index contributed by atoms with van der Waals surface area (Å²) in [5, 5.41) is 25.7. The highest BCUT2D eigenvalue weighted by atomic mass is 32.3. The van der Waals surface area contributed by atoms with Crippen molar-refractivity contribution in [2.75, 3.05) is 6.61 Å². The van der Waals surface area contributed by atoms with Gasteiger partial charge in [0.05, 0.1) is 0 Å². The highest BCUT2D eigenvalue weighted by Crippen LogP contribution is 2.14. The Labute approximate surface area is 68.9 Å². The summed E-state index contributed by atoms with van der Waals surface area (Å²) in [5.74, 6) is 0. The molecule has 0 amide bonds. The smallest absolute Gasteiger partial charge is 0.319 e. The molecule has 0 bridgehead atoms. The molecule has 0 rings (SSSR count). The van der Waals surface area contributed by atoms with E-state index in [0.29, 0.717) is 0 Å². The maximum Gasteiger partial charge on any atom is 0.319 e. The van der Waals surface area contributed by atoms with Gasteiger partial charge in [-0.15, -0.1) is 0 Å². The van der Waals surface area contributed by atoms with Crippen molar-refractivity contribution in [1.82, 2.24) is 0 Å². The second kappa shape index (κ2) is 2.90. The van der Waals surface area contributed by atoms with E-state index in [2.05, 4.69) is 10.3 Å². The lowest BCUT2D eigenvalue weighted by molar-refractivity contribution is 0.118. The van der Waals surface area contributed by atoms with E-state index in [1.807, 2.05) is 0 Å². The zero-order chi connectivity index (χ0) is 10.2. The highest BCUT2D eigenvalue weighted by Gasteiger charge is 2.50. The van der Waals surface area contributed by atoms with E-state index in [0.717, 1.165) is 0 Å². The van der Waals surface area contributed by atoms with Crippen LogP contribution < -0.4 is 10.3 Å². The Hall–Kier alpha value is -0.260. The quantitative estimate of drug-likeness (QED) is 0.381. The third-order valence-electron chi connectivity index (χ3n) is 1.09. The van der Waals surface area contributed by atoms with Gasteiger partial charge in [0.25, 0.3) is 20.0 Å². The summed E-state index contributed by atoms with van der Waals surface area (Å²) in [4.78, 5) is 0. The predicted molar refractivity (Wildman–Crippen MR) is 38.3 cm³/mol. The average Bonchev–Trinajstić information content (AvgIpc) is 1.81. The van der Waals surface area contributed by atoms with Gasteiger partial charge in [-0.05, 0) is 0 Å². The molecule has 74 valence electrons. The Morgan fingerprint density at radius 3 is 1.33 bits per heavy atom. The molecular formula is C2H8N2O6S2. The molecule has 0 aromatic rings. The molecule has 0 aliphatic heterocycles. The van der Waals surface area contributed by atoms with E-state index >= 15 is 0 Å². The normalized spacial score (nSPS) is 14.7. The molecule has 0 atom stereocenters. The van der Waals surface area contributed by atoms with Crippen LogP contribution in [-0.4, -0.2) is 37.9 Å². The molecule has 0 spiro atoms. The Morgan fingerprint density at radius 1 is 1.08 bits per heavy atom. The fourth-order valence-electron chi connectivity index (χ4n) is 0.342. The van der Waals surface area contributed by atoms with Gasteiger partial charge in [-0.2, -0.15) is 0 Å². The molecule has 0 aromatic carbocycles. The zero-order valence-electron chi connectivity index (χ0n) is 5.71. The summed E-state index contributed by atoms with van der Waals surface area (Å²) in [7, 11) is -9.76. The summed E-state index contributed by atoms with van der Waals surface area (Å²) in [6.07, 6.45) is 0. The molecule has 0 radical (unpaired) electrons. The van der Waals surface area contributed by atoms with Crippen LogP contribution in [0.25, 0.3) is 0 Å². The topological polar surface area (TPSA) is 161 Å². The van der Waals surface area contributed by atoms with Gasteiger partial charge in [0.15, 0.2) is 0 Å². The standard InChI is InChI=1S/C2H8N2O6S2/c3-11(7,8)2(6,1-5)12(4,9)10/h5-6H,1H2,(H2,3,7,8)(H2,4,9,10). The SMILES string of the molecule is NS(=O)(=O)C(O)(CO)S(N)(=O)=O. The number of aliphatic hydroxyl groups excluding tert-OH is 1. The van der Waals surface area contributed by atoms with Crippen LogP contribution in [0.5, 0.6) is 0 Å². The van der Waals surface area contributed by atoms with Crippen LogP contribution in [0.15, 0.2) is 0 Å². The van der Waals surface area contributed by atoms with Crippen molar-refractivity contribution in [3.05, 3.63) is 0 Å². The number of hydrogen-bond donors (Lipinski definition) is 4. The van der Waals surface area contributed by atoms with Gasteiger partial charge in [0, 0.05) is 0 Å². The third kappa shape index (κ3) is 1.73. The van der Waals surface area contributed by atoms with Crippen LogP contribution in [0.2, 0.25) is 0 Å². The van der Waals surface area contributed by atoms with Gasteiger partial charge in [0.1, 0.15) is 6.61 Å². The van der Waals surface area contributed by atoms with Crippen LogP contribution in [0.1, 0.15) is 0 Å². The molecule has 6 N–H and O–H groups in total. The Bertz CT molecular complexity index is 321. The minimum absolute atomic E-state index is 1.62. The van der Waals surface area contributed by atoms with E-state index in [9.17, 15) is 16.8 Å². The molecule has 0 aliphatic carbocycles. The molecule has 10 heteroatoms. The van der Waals surface area contributed by atoms with E-state index < -0.39 is 30.9 Å². The van der Waals surface area contributed by atoms with Gasteiger partial charge in [-0.3, -0.25) is 0 Å². The molecule has 0 aliphatic rings. The number of nitrogens with two attached hydrogens (primary N) is 2. The second-order valence-corrected chi connectivity index (χ2v) is 5.75. The second-order valence-electron chi connectivity index (χ2n) is 1.96. The first kappa shape index (κ1) is 11.7. The van der Waals surface area contributed by atoms with Crippen molar-refractivity contribution < 1.29 is 27.0 Å². The maximum atomic E-state index is 10.4. The fourth-order valence-corrected chi connectivity index (χ4v) is 2.00. The molecule has 0 saturated carbocycles.